The topological polar surface area (TPSA) is 12.5 Å². The molecule has 4 rings (SSSR count). The van der Waals surface area contributed by atoms with Crippen molar-refractivity contribution in [2.45, 2.75) is 13.0 Å². The molecule has 0 N–H and O–H groups in total. The third-order valence-electron chi connectivity index (χ3n) is 4.75. The van der Waals surface area contributed by atoms with Crippen LogP contribution >= 0.6 is 0 Å². The van der Waals surface area contributed by atoms with E-state index in [0.29, 0.717) is 0 Å². The Bertz CT molecular complexity index is 889. The lowest BCUT2D eigenvalue weighted by atomic mass is 10.00. The van der Waals surface area contributed by atoms with Crippen molar-refractivity contribution in [1.82, 2.24) is 0 Å². The van der Waals surface area contributed by atoms with Crippen molar-refractivity contribution in [2.24, 2.45) is 0 Å². The van der Waals surface area contributed by atoms with Gasteiger partial charge in [-0.05, 0) is 47.4 Å². The third kappa shape index (κ3) is 3.10. The second-order valence-corrected chi connectivity index (χ2v) is 6.34. The standard InChI is InChI=1S/C22H20FNO/c1-25-20-10-8-16(9-11-20)15-24-13-12-17-4-3-7-21(22(17)24)18-5-2-6-19(23)14-18/h2-11,14H,12-13,15H2,1H3. The van der Waals surface area contributed by atoms with Crippen LogP contribution in [-0.2, 0) is 13.0 Å². The Labute approximate surface area is 147 Å². The maximum absolute atomic E-state index is 13.7. The molecule has 25 heavy (non-hydrogen) atoms. The highest BCUT2D eigenvalue weighted by Crippen LogP contribution is 2.39. The van der Waals surface area contributed by atoms with Gasteiger partial charge in [-0.2, -0.15) is 0 Å². The van der Waals surface area contributed by atoms with Gasteiger partial charge in [-0.1, -0.05) is 42.5 Å². The van der Waals surface area contributed by atoms with Crippen LogP contribution in [0.1, 0.15) is 11.1 Å². The van der Waals surface area contributed by atoms with Crippen LogP contribution in [-0.4, -0.2) is 13.7 Å². The van der Waals surface area contributed by atoms with Crippen molar-refractivity contribution in [3.8, 4) is 16.9 Å². The highest BCUT2D eigenvalue weighted by atomic mass is 19.1. The minimum Gasteiger partial charge on any atom is -0.497 e. The van der Waals surface area contributed by atoms with Crippen molar-refractivity contribution in [3.63, 3.8) is 0 Å². The fourth-order valence-electron chi connectivity index (χ4n) is 3.53. The number of ether oxygens (including phenoxy) is 1. The first kappa shape index (κ1) is 15.7. The predicted molar refractivity (Wildman–Crippen MR) is 99.6 cm³/mol. The molecule has 0 saturated carbocycles. The number of benzene rings is 3. The molecule has 0 bridgehead atoms. The van der Waals surface area contributed by atoms with Gasteiger partial charge in [0, 0.05) is 24.3 Å². The van der Waals surface area contributed by atoms with Gasteiger partial charge in [0.25, 0.3) is 0 Å². The molecular formula is C22H20FNO. The first-order chi connectivity index (χ1) is 12.2. The summed E-state index contributed by atoms with van der Waals surface area (Å²) in [5, 5.41) is 0. The molecule has 3 aromatic carbocycles. The van der Waals surface area contributed by atoms with E-state index in [-0.39, 0.29) is 5.82 Å². The van der Waals surface area contributed by atoms with Gasteiger partial charge in [-0.25, -0.2) is 4.39 Å². The molecule has 1 aliphatic heterocycles. The maximum Gasteiger partial charge on any atom is 0.123 e. The normalized spacial score (nSPS) is 13.0. The van der Waals surface area contributed by atoms with E-state index in [1.807, 2.05) is 18.2 Å². The summed E-state index contributed by atoms with van der Waals surface area (Å²) in [7, 11) is 1.68. The summed E-state index contributed by atoms with van der Waals surface area (Å²) in [5.41, 5.74) is 5.82. The molecule has 1 aliphatic rings. The summed E-state index contributed by atoms with van der Waals surface area (Å²) in [6, 6.07) is 21.3. The second-order valence-electron chi connectivity index (χ2n) is 6.34. The fourth-order valence-corrected chi connectivity index (χ4v) is 3.53. The molecule has 0 atom stereocenters. The summed E-state index contributed by atoms with van der Waals surface area (Å²) in [5.74, 6) is 0.667. The van der Waals surface area contributed by atoms with Crippen LogP contribution in [0.15, 0.2) is 66.7 Å². The summed E-state index contributed by atoms with van der Waals surface area (Å²) in [6.45, 7) is 1.82. The van der Waals surface area contributed by atoms with Gasteiger partial charge in [-0.3, -0.25) is 0 Å². The Morgan fingerprint density at radius 1 is 1.00 bits per heavy atom. The van der Waals surface area contributed by atoms with Crippen molar-refractivity contribution in [1.29, 1.82) is 0 Å². The molecule has 0 saturated heterocycles. The summed E-state index contributed by atoms with van der Waals surface area (Å²) >= 11 is 0. The largest absolute Gasteiger partial charge is 0.497 e. The van der Waals surface area contributed by atoms with Gasteiger partial charge in [0.15, 0.2) is 0 Å². The lowest BCUT2D eigenvalue weighted by Crippen LogP contribution is -2.20. The van der Waals surface area contributed by atoms with E-state index in [0.717, 1.165) is 36.4 Å². The van der Waals surface area contributed by atoms with E-state index < -0.39 is 0 Å². The molecule has 0 aliphatic carbocycles. The van der Waals surface area contributed by atoms with E-state index in [9.17, 15) is 4.39 Å². The van der Waals surface area contributed by atoms with Crippen molar-refractivity contribution >= 4 is 5.69 Å². The quantitative estimate of drug-likeness (QED) is 0.661. The minimum absolute atomic E-state index is 0.199. The number of para-hydroxylation sites is 1. The smallest absolute Gasteiger partial charge is 0.123 e. The Morgan fingerprint density at radius 2 is 1.80 bits per heavy atom. The van der Waals surface area contributed by atoms with Crippen LogP contribution in [0.3, 0.4) is 0 Å². The first-order valence-electron chi connectivity index (χ1n) is 8.50. The first-order valence-corrected chi connectivity index (χ1v) is 8.50. The Balaban J connectivity index is 1.69. The van der Waals surface area contributed by atoms with Crippen molar-refractivity contribution < 1.29 is 9.13 Å². The lowest BCUT2D eigenvalue weighted by molar-refractivity contribution is 0.414. The maximum atomic E-state index is 13.7. The van der Waals surface area contributed by atoms with Crippen LogP contribution in [0.5, 0.6) is 5.75 Å². The number of rotatable bonds is 4. The van der Waals surface area contributed by atoms with Gasteiger partial charge >= 0.3 is 0 Å². The molecule has 3 aromatic rings. The summed E-state index contributed by atoms with van der Waals surface area (Å²) < 4.78 is 18.9. The van der Waals surface area contributed by atoms with Crippen molar-refractivity contribution in [2.75, 3.05) is 18.6 Å². The molecule has 2 nitrogen and oxygen atoms in total. The zero-order valence-corrected chi connectivity index (χ0v) is 14.2. The Morgan fingerprint density at radius 3 is 2.56 bits per heavy atom. The van der Waals surface area contributed by atoms with Crippen LogP contribution < -0.4 is 9.64 Å². The average Bonchev–Trinajstić information content (AvgIpc) is 3.05. The van der Waals surface area contributed by atoms with E-state index in [2.05, 4.69) is 35.2 Å². The molecule has 3 heteroatoms. The van der Waals surface area contributed by atoms with Gasteiger partial charge < -0.3 is 9.64 Å². The molecule has 0 spiro atoms. The zero-order chi connectivity index (χ0) is 17.2. The summed E-state index contributed by atoms with van der Waals surface area (Å²) in [4.78, 5) is 2.39. The number of hydrogen-bond acceptors (Lipinski definition) is 2. The van der Waals surface area contributed by atoms with Gasteiger partial charge in [0.1, 0.15) is 11.6 Å². The molecular weight excluding hydrogens is 313 g/mol. The van der Waals surface area contributed by atoms with E-state index >= 15 is 0 Å². The van der Waals surface area contributed by atoms with Gasteiger partial charge in [0.2, 0.25) is 0 Å². The van der Waals surface area contributed by atoms with Crippen molar-refractivity contribution in [3.05, 3.63) is 83.7 Å². The molecule has 0 radical (unpaired) electrons. The Kier molecular flexibility index (Phi) is 4.14. The number of halogens is 1. The number of methoxy groups -OCH3 is 1. The van der Waals surface area contributed by atoms with E-state index in [1.54, 1.807) is 19.2 Å². The molecule has 0 aromatic heterocycles. The fraction of sp³-hybridized carbons (Fsp3) is 0.182. The lowest BCUT2D eigenvalue weighted by Gasteiger charge is -2.23. The van der Waals surface area contributed by atoms with E-state index in [1.165, 1.54) is 22.9 Å². The average molecular weight is 333 g/mol. The van der Waals surface area contributed by atoms with Crippen LogP contribution in [0.2, 0.25) is 0 Å². The van der Waals surface area contributed by atoms with E-state index in [4.69, 9.17) is 4.74 Å². The highest BCUT2D eigenvalue weighted by molar-refractivity contribution is 5.82. The minimum atomic E-state index is -0.199. The zero-order valence-electron chi connectivity index (χ0n) is 14.2. The predicted octanol–water partition coefficient (Wildman–Crippen LogP) is 5.06. The van der Waals surface area contributed by atoms with Gasteiger partial charge in [-0.15, -0.1) is 0 Å². The van der Waals surface area contributed by atoms with Gasteiger partial charge in [0.05, 0.1) is 7.11 Å². The Hall–Kier alpha value is -2.81. The molecule has 126 valence electrons. The number of nitrogens with zero attached hydrogens (tertiary/aromatic N) is 1. The molecule has 1 heterocycles. The molecule has 0 amide bonds. The highest BCUT2D eigenvalue weighted by Gasteiger charge is 2.23. The number of anilines is 1. The van der Waals surface area contributed by atoms with Crippen LogP contribution in [0.25, 0.3) is 11.1 Å². The third-order valence-corrected chi connectivity index (χ3v) is 4.75. The second kappa shape index (κ2) is 6.60. The molecule has 0 fully saturated rings. The van der Waals surface area contributed by atoms with Crippen LogP contribution in [0.4, 0.5) is 10.1 Å². The monoisotopic (exact) mass is 333 g/mol. The number of fused-ring (bicyclic) bond motifs is 1. The van der Waals surface area contributed by atoms with Crippen LogP contribution in [0, 0.1) is 5.82 Å². The molecule has 0 unspecified atom stereocenters. The SMILES string of the molecule is COc1ccc(CN2CCc3cccc(-c4cccc(F)c4)c32)cc1. The number of hydrogen-bond donors (Lipinski definition) is 0. The summed E-state index contributed by atoms with van der Waals surface area (Å²) in [6.07, 6.45) is 1.02.